The molecule has 0 radical (unpaired) electrons. The number of hydrogen-bond donors (Lipinski definition) is 9. The molecular formula is C81H105Cl2N17O10P2S2. The summed E-state index contributed by atoms with van der Waals surface area (Å²) in [4.78, 5) is 39.4. The number of aliphatic hydroxyl groups excluding tert-OH is 1. The number of sulfone groups is 1. The molecule has 33 heteroatoms. The van der Waals surface area contributed by atoms with Crippen LogP contribution in [0, 0.1) is 6.92 Å². The summed E-state index contributed by atoms with van der Waals surface area (Å²) in [7, 11) is -8.21. The van der Waals surface area contributed by atoms with Crippen molar-refractivity contribution in [1.29, 1.82) is 0 Å². The predicted octanol–water partition coefficient (Wildman–Crippen LogP) is 15.0. The SMILES string of the molecule is COc1cc(N2CCN(CCO)CC2)ccc1Nc1ncc(Cl)c(Nc2ccccc2P(C)(C)=O)n1.COc1cc(P(C)(C)=O)ccc1Nc1nc2c(c(Nc3ccccc3S(=O)(=O)C(C)C)n1)C(C)=CC2.Cc1cc(N2CCC(N3CCN(C)CC3)CC2)ccc1Nc1ncc(Cl)c(Nc2ccccc2S(=O)(O)(O)C(C)C)n1. The third-order valence-electron chi connectivity index (χ3n) is 20.7. The average Bonchev–Trinajstić information content (AvgIpc) is 0.789. The third-order valence-corrected chi connectivity index (χ3v) is 29.4. The predicted molar refractivity (Wildman–Crippen MR) is 467 cm³/mol. The first-order chi connectivity index (χ1) is 54.1. The summed E-state index contributed by atoms with van der Waals surface area (Å²) >= 11 is 12.8. The summed E-state index contributed by atoms with van der Waals surface area (Å²) in [6.07, 6.45) is 8.06. The van der Waals surface area contributed by atoms with Gasteiger partial charge in [-0.05, 0) is 184 Å². The van der Waals surface area contributed by atoms with Crippen molar-refractivity contribution in [3.05, 3.63) is 173 Å². The number of halogens is 2. The Labute approximate surface area is 679 Å². The van der Waals surface area contributed by atoms with Gasteiger partial charge in [-0.15, -0.1) is 0 Å². The maximum absolute atomic E-state index is 13.2. The molecule has 3 aliphatic heterocycles. The van der Waals surface area contributed by atoms with Crippen molar-refractivity contribution in [3.8, 4) is 11.5 Å². The minimum absolute atomic E-state index is 0.118. The average molecular weight is 1670 g/mol. The second-order valence-electron chi connectivity index (χ2n) is 30.0. The Morgan fingerprint density at radius 2 is 1.10 bits per heavy atom. The van der Waals surface area contributed by atoms with E-state index in [0.717, 1.165) is 97.1 Å². The Balaban J connectivity index is 0.000000169. The minimum Gasteiger partial charge on any atom is -0.495 e. The number of ether oxygens (including phenoxy) is 2. The molecule has 4 aliphatic rings. The number of rotatable bonds is 25. The van der Waals surface area contributed by atoms with Crippen molar-refractivity contribution in [2.45, 2.75) is 87.1 Å². The van der Waals surface area contributed by atoms with Gasteiger partial charge in [-0.25, -0.2) is 27.6 Å². The summed E-state index contributed by atoms with van der Waals surface area (Å²) in [5.41, 5.74) is 9.66. The van der Waals surface area contributed by atoms with Crippen LogP contribution in [0.3, 0.4) is 0 Å². The molecule has 13 rings (SSSR count). The smallest absolute Gasteiger partial charge is 0.229 e. The number of aliphatic hydroxyl groups is 1. The molecule has 610 valence electrons. The molecule has 0 bridgehead atoms. The van der Waals surface area contributed by atoms with Crippen LogP contribution < -0.4 is 61.8 Å². The molecule has 0 amide bonds. The van der Waals surface area contributed by atoms with Gasteiger partial charge in [0.25, 0.3) is 0 Å². The number of aromatic nitrogens is 6. The lowest BCUT2D eigenvalue weighted by Gasteiger charge is -2.42. The quantitative estimate of drug-likeness (QED) is 0.0240. The number of anilines is 14. The maximum Gasteiger partial charge on any atom is 0.229 e. The highest BCUT2D eigenvalue weighted by atomic mass is 35.5. The van der Waals surface area contributed by atoms with Crippen LogP contribution in [-0.4, -0.2) is 215 Å². The lowest BCUT2D eigenvalue weighted by molar-refractivity contribution is 0.0982. The molecule has 0 unspecified atom stereocenters. The molecule has 1 aliphatic carbocycles. The molecular weight excluding hydrogens is 1570 g/mol. The first-order valence-electron chi connectivity index (χ1n) is 37.8. The normalized spacial score (nSPS) is 15.6. The van der Waals surface area contributed by atoms with Crippen LogP contribution in [0.25, 0.3) is 5.57 Å². The summed E-state index contributed by atoms with van der Waals surface area (Å²) in [6.45, 7) is 28.5. The number of allylic oxidation sites excluding steroid dienone is 2. The molecule has 0 atom stereocenters. The van der Waals surface area contributed by atoms with E-state index in [4.69, 9.17) is 47.8 Å². The highest BCUT2D eigenvalue weighted by Gasteiger charge is 2.39. The first-order valence-corrected chi connectivity index (χ1v) is 47.3. The van der Waals surface area contributed by atoms with Gasteiger partial charge >= 0.3 is 0 Å². The fourth-order valence-electron chi connectivity index (χ4n) is 13.8. The van der Waals surface area contributed by atoms with Gasteiger partial charge in [-0.1, -0.05) is 65.7 Å². The Kier molecular flexibility index (Phi) is 27.6. The van der Waals surface area contributed by atoms with Gasteiger partial charge in [0, 0.05) is 124 Å². The van der Waals surface area contributed by atoms with Gasteiger partial charge in [0.05, 0.1) is 87.6 Å². The van der Waals surface area contributed by atoms with E-state index in [1.165, 1.54) is 63.9 Å². The number of β-amino-alcohol motifs (C(OH)–C–C–N with tert-alkyl or cyclic N) is 1. The molecule has 6 aromatic carbocycles. The van der Waals surface area contributed by atoms with Crippen molar-refractivity contribution < 1.29 is 45.4 Å². The topological polar surface area (TPSA) is 330 Å². The number of para-hydroxylation sites is 3. The maximum atomic E-state index is 13.2. The zero-order valence-electron chi connectivity index (χ0n) is 66.8. The zero-order valence-corrected chi connectivity index (χ0v) is 71.7. The molecule has 9 aromatic rings. The number of nitrogens with zero attached hydrogens (tertiary/aromatic N) is 11. The largest absolute Gasteiger partial charge is 0.495 e. The summed E-state index contributed by atoms with van der Waals surface area (Å²) < 4.78 is 97.0. The fraction of sp³-hybridized carbons (Fsp3) is 0.383. The molecule has 3 fully saturated rings. The molecule has 0 saturated carbocycles. The van der Waals surface area contributed by atoms with E-state index in [-0.39, 0.29) is 32.9 Å². The Morgan fingerprint density at radius 3 is 1.68 bits per heavy atom. The Bertz CT molecular complexity index is 5260. The van der Waals surface area contributed by atoms with E-state index in [9.17, 15) is 30.9 Å². The minimum atomic E-state index is -5.11. The number of fused-ring (bicyclic) bond motifs is 1. The van der Waals surface area contributed by atoms with Crippen LogP contribution >= 0.6 is 37.5 Å². The molecule has 3 aromatic heterocycles. The van der Waals surface area contributed by atoms with Crippen molar-refractivity contribution in [1.82, 2.24) is 44.6 Å². The number of hydrogen-bond acceptors (Lipinski definition) is 25. The second kappa shape index (κ2) is 36.6. The van der Waals surface area contributed by atoms with Gasteiger partial charge < -0.3 is 79.4 Å². The highest BCUT2D eigenvalue weighted by Crippen LogP contribution is 2.44. The monoisotopic (exact) mass is 1670 g/mol. The first kappa shape index (κ1) is 86.1. The van der Waals surface area contributed by atoms with Crippen molar-refractivity contribution >= 4 is 154 Å². The van der Waals surface area contributed by atoms with Gasteiger partial charge in [0.1, 0.15) is 51.3 Å². The van der Waals surface area contributed by atoms with Gasteiger partial charge in [-0.3, -0.25) is 9.80 Å². The molecule has 3 saturated heterocycles. The summed E-state index contributed by atoms with van der Waals surface area (Å²) in [5.74, 6) is 3.36. The van der Waals surface area contributed by atoms with Gasteiger partial charge in [0.15, 0.2) is 21.5 Å². The number of benzene rings is 6. The van der Waals surface area contributed by atoms with Crippen LogP contribution in [0.5, 0.6) is 11.5 Å². The van der Waals surface area contributed by atoms with Crippen molar-refractivity contribution in [3.63, 3.8) is 0 Å². The lowest BCUT2D eigenvalue weighted by atomic mass is 10.0. The number of methoxy groups -OCH3 is 2. The molecule has 9 N–H and O–H groups in total. The van der Waals surface area contributed by atoms with E-state index in [1.54, 1.807) is 115 Å². The number of piperidine rings is 1. The fourth-order valence-corrected chi connectivity index (χ4v) is 18.6. The zero-order chi connectivity index (χ0) is 82.1. The van der Waals surface area contributed by atoms with E-state index in [2.05, 4.69) is 109 Å². The molecule has 114 heavy (non-hydrogen) atoms. The Hall–Kier alpha value is -8.80. The summed E-state index contributed by atoms with van der Waals surface area (Å²) in [6, 6.07) is 38.9. The number of piperazine rings is 2. The third kappa shape index (κ3) is 20.9. The highest BCUT2D eigenvalue weighted by molar-refractivity contribution is 8.10. The molecule has 27 nitrogen and oxygen atoms in total. The van der Waals surface area contributed by atoms with Crippen molar-refractivity contribution in [2.75, 3.05) is 168 Å². The van der Waals surface area contributed by atoms with Crippen LogP contribution in [0.4, 0.5) is 80.8 Å². The van der Waals surface area contributed by atoms with Crippen LogP contribution in [-0.2, 0) is 35.0 Å². The van der Waals surface area contributed by atoms with Crippen LogP contribution in [0.1, 0.15) is 64.3 Å². The number of nitrogens with one attached hydrogen (secondary N) is 6. The lowest BCUT2D eigenvalue weighted by Crippen LogP contribution is -2.52. The van der Waals surface area contributed by atoms with E-state index >= 15 is 0 Å². The molecule has 0 spiro atoms. The number of likely N-dealkylation sites (N-methyl/N-ethyl adjacent to an activating group) is 1. The van der Waals surface area contributed by atoms with Crippen LogP contribution in [0.15, 0.2) is 156 Å². The van der Waals surface area contributed by atoms with E-state index in [0.29, 0.717) is 87.4 Å². The molecule has 6 heterocycles. The van der Waals surface area contributed by atoms with Crippen LogP contribution in [0.2, 0.25) is 10.0 Å². The standard InChI is InChI=1S/C30H42ClN7O3S.C26H31N4O4PS.C25H32ClN6O3P/c1-21(2)42(39,40,41)28-8-6-5-7-27(28)33-29-25(31)20-32-30(35-29)34-26-10-9-24(19-22(26)3)37-13-11-23(12-14-37)38-17-15-36(4)16-18-38;1-16(2)36(32,33)23-10-8-7-9-20(23)27-25-24-17(3)11-13-21(24)29-26(30-25)28-19-14-12-18(35(5,6)31)15-22(19)34-4;1-35-22-16-18(32-12-10-31(11-13-32)14-15-33)8-9-20(22)29-25-27-17-19(26)24(30-25)28-21-6-4-5-7-23(21)36(2,3)34/h5-10,19-21,23H,11-18H2,1-4H3,(H2,39,40,41)(H2,32,33,34,35);7-12,14-16H,13H2,1-6H3,(H2,27,28,29,30);4-9,16-17,33H,10-15H2,1-3H3,(H2,27,28,29,30). The van der Waals surface area contributed by atoms with Gasteiger partial charge in [-0.2, -0.15) is 15.0 Å². The van der Waals surface area contributed by atoms with E-state index in [1.807, 2.05) is 55.5 Å². The van der Waals surface area contributed by atoms with E-state index < -0.39 is 44.2 Å². The second-order valence-corrected chi connectivity index (χ2v) is 42.9. The number of aryl methyl sites for hydroxylation is 1. The van der Waals surface area contributed by atoms with Gasteiger partial charge in [0.2, 0.25) is 17.8 Å². The van der Waals surface area contributed by atoms with Crippen molar-refractivity contribution in [2.24, 2.45) is 0 Å². The Morgan fingerprint density at radius 1 is 0.579 bits per heavy atom. The summed E-state index contributed by atoms with van der Waals surface area (Å²) in [5, 5.41) is 28.9.